The Bertz CT molecular complexity index is 735. The van der Waals surface area contributed by atoms with Gasteiger partial charge in [0.2, 0.25) is 0 Å². The van der Waals surface area contributed by atoms with Crippen LogP contribution in [-0.2, 0) is 4.79 Å². The molecular weight excluding hydrogens is 326 g/mol. The Hall–Kier alpha value is -0.710. The predicted octanol–water partition coefficient (Wildman–Crippen LogP) is 2.00. The fourth-order valence-corrected chi connectivity index (χ4v) is 9.75. The summed E-state index contributed by atoms with van der Waals surface area (Å²) in [5.74, 6) is 1.16. The Morgan fingerprint density at radius 2 is 2.08 bits per heavy atom. The third kappa shape index (κ3) is 1.33. The number of carbonyl (C=O) groups is 1. The first-order valence-corrected chi connectivity index (χ1v) is 10.6. The van der Waals surface area contributed by atoms with E-state index in [0.29, 0.717) is 24.3 Å². The number of piperidine rings is 1. The minimum Gasteiger partial charge on any atom is -0.392 e. The molecule has 2 spiro atoms. The third-order valence-electron chi connectivity index (χ3n) is 10.4. The van der Waals surface area contributed by atoms with Crippen molar-refractivity contribution in [3.63, 3.8) is 0 Å². The largest absolute Gasteiger partial charge is 0.392 e. The summed E-state index contributed by atoms with van der Waals surface area (Å²) in [6.07, 6.45) is 3.50. The van der Waals surface area contributed by atoms with Crippen LogP contribution in [-0.4, -0.2) is 52.2 Å². The molecule has 26 heavy (non-hydrogen) atoms. The Morgan fingerprint density at radius 3 is 2.81 bits per heavy atom. The molecule has 5 saturated carbocycles. The number of aliphatic hydroxyl groups excluding tert-OH is 2. The zero-order valence-electron chi connectivity index (χ0n) is 15.9. The molecule has 1 saturated heterocycles. The molecule has 4 heteroatoms. The molecule has 6 fully saturated rings. The number of hydrogen-bond donors (Lipinski definition) is 2. The lowest BCUT2D eigenvalue weighted by molar-refractivity contribution is -0.211. The average Bonchev–Trinajstić information content (AvgIpc) is 3.14. The van der Waals surface area contributed by atoms with Crippen molar-refractivity contribution >= 4 is 5.78 Å². The van der Waals surface area contributed by atoms with Gasteiger partial charge in [-0.15, -0.1) is 0 Å². The monoisotopic (exact) mass is 357 g/mol. The summed E-state index contributed by atoms with van der Waals surface area (Å²) in [7, 11) is 0. The van der Waals surface area contributed by atoms with Crippen LogP contribution in [0.25, 0.3) is 0 Å². The van der Waals surface area contributed by atoms with Gasteiger partial charge in [0, 0.05) is 35.8 Å². The number of hydrogen-bond acceptors (Lipinski definition) is 4. The molecular formula is C22H31NO3. The number of nitrogens with zero attached hydrogens (tertiary/aromatic N) is 1. The molecule has 0 radical (unpaired) electrons. The zero-order chi connectivity index (χ0) is 18.2. The predicted molar refractivity (Wildman–Crippen MR) is 97.2 cm³/mol. The van der Waals surface area contributed by atoms with Gasteiger partial charge in [-0.3, -0.25) is 9.69 Å². The fraction of sp³-hybridized carbons (Fsp3) is 0.864. The minimum absolute atomic E-state index is 0.130. The van der Waals surface area contributed by atoms with E-state index in [-0.39, 0.29) is 40.0 Å². The molecule has 2 N–H and O–H groups in total. The first-order valence-electron chi connectivity index (χ1n) is 10.6. The number of likely N-dealkylation sites (tertiary alicyclic amines) is 1. The summed E-state index contributed by atoms with van der Waals surface area (Å²) >= 11 is 0. The van der Waals surface area contributed by atoms with Crippen LogP contribution in [0, 0.1) is 39.9 Å². The number of aliphatic hydroxyl groups is 2. The quantitative estimate of drug-likeness (QED) is 0.705. The van der Waals surface area contributed by atoms with Gasteiger partial charge < -0.3 is 10.2 Å². The molecule has 142 valence electrons. The van der Waals surface area contributed by atoms with Crippen molar-refractivity contribution in [2.75, 3.05) is 13.1 Å². The normalized spacial score (nSPS) is 62.7. The maximum absolute atomic E-state index is 13.0. The van der Waals surface area contributed by atoms with Crippen LogP contribution in [0.15, 0.2) is 12.2 Å². The van der Waals surface area contributed by atoms with Crippen LogP contribution < -0.4 is 0 Å². The molecule has 6 aliphatic rings. The first kappa shape index (κ1) is 16.3. The highest BCUT2D eigenvalue weighted by atomic mass is 16.3. The number of ketones is 1. The van der Waals surface area contributed by atoms with Crippen LogP contribution in [0.5, 0.6) is 0 Å². The lowest BCUT2D eigenvalue weighted by Gasteiger charge is -2.65. The second kappa shape index (κ2) is 4.47. The number of Topliss-reactive ketones (excluding diaryl/α,β-unsaturated/α-hetero) is 1. The summed E-state index contributed by atoms with van der Waals surface area (Å²) in [4.78, 5) is 15.6. The minimum atomic E-state index is -0.561. The van der Waals surface area contributed by atoms with Gasteiger partial charge in [-0.2, -0.15) is 0 Å². The highest BCUT2D eigenvalue weighted by Crippen LogP contribution is 2.83. The summed E-state index contributed by atoms with van der Waals surface area (Å²) in [5, 5.41) is 22.8. The van der Waals surface area contributed by atoms with Crippen molar-refractivity contribution in [1.82, 2.24) is 4.90 Å². The Morgan fingerprint density at radius 1 is 1.31 bits per heavy atom. The van der Waals surface area contributed by atoms with Gasteiger partial charge in [0.25, 0.3) is 0 Å². The van der Waals surface area contributed by atoms with Crippen molar-refractivity contribution in [3.05, 3.63) is 12.2 Å². The van der Waals surface area contributed by atoms with E-state index in [9.17, 15) is 15.0 Å². The van der Waals surface area contributed by atoms with Gasteiger partial charge in [-0.1, -0.05) is 20.4 Å². The van der Waals surface area contributed by atoms with Crippen molar-refractivity contribution in [2.24, 2.45) is 39.9 Å². The van der Waals surface area contributed by atoms with Crippen molar-refractivity contribution in [1.29, 1.82) is 0 Å². The molecule has 1 heterocycles. The van der Waals surface area contributed by atoms with E-state index in [2.05, 4.69) is 25.3 Å². The third-order valence-corrected chi connectivity index (χ3v) is 10.4. The summed E-state index contributed by atoms with van der Waals surface area (Å²) < 4.78 is 0. The van der Waals surface area contributed by atoms with E-state index in [4.69, 9.17) is 0 Å². The van der Waals surface area contributed by atoms with Crippen molar-refractivity contribution < 1.29 is 15.0 Å². The van der Waals surface area contributed by atoms with Crippen LogP contribution in [0.3, 0.4) is 0 Å². The molecule has 2 unspecified atom stereocenters. The summed E-state index contributed by atoms with van der Waals surface area (Å²) in [5.41, 5.74) is 0.598. The topological polar surface area (TPSA) is 60.8 Å². The standard InChI is InChI=1S/C22H31NO3/c1-4-23-10-20(3)6-5-17(25)22-15(20)7-13(18(22)23)21-9-12(11(2)19(21)26)14(24)8-16(21)22/h12-13,15-19,25-26H,2,4-10H2,1,3H3/t12-,13-,15?,16-,17+,18+,19-,20+,21+,22?/m1/s1. The maximum Gasteiger partial charge on any atom is 0.140 e. The first-order chi connectivity index (χ1) is 12.3. The van der Waals surface area contributed by atoms with Crippen LogP contribution >= 0.6 is 0 Å². The lowest BCUT2D eigenvalue weighted by Crippen LogP contribution is -2.68. The van der Waals surface area contributed by atoms with Crippen LogP contribution in [0.4, 0.5) is 0 Å². The number of carbonyl (C=O) groups excluding carboxylic acids is 1. The molecule has 5 aliphatic carbocycles. The maximum atomic E-state index is 13.0. The van der Waals surface area contributed by atoms with Gasteiger partial charge in [0.15, 0.2) is 0 Å². The average molecular weight is 357 g/mol. The van der Waals surface area contributed by atoms with Crippen LogP contribution in [0.1, 0.15) is 46.0 Å². The molecule has 0 aromatic carbocycles. The van der Waals surface area contributed by atoms with E-state index < -0.39 is 6.10 Å². The van der Waals surface area contributed by atoms with Crippen LogP contribution in [0.2, 0.25) is 0 Å². The Kier molecular flexibility index (Phi) is 2.80. The SMILES string of the molecule is C=C1[C@H]2C[C@]3([C@@H]1O)[C@@H]1CC4C5([C@H]1N(CC)C[C@]4(C)CC[C@@H]5O)[C@@H]3CC2=O. The molecule has 6 rings (SSSR count). The second-order valence-corrected chi connectivity index (χ2v) is 10.7. The van der Waals surface area contributed by atoms with Gasteiger partial charge >= 0.3 is 0 Å². The highest BCUT2D eigenvalue weighted by molar-refractivity contribution is 5.87. The zero-order valence-corrected chi connectivity index (χ0v) is 15.9. The van der Waals surface area contributed by atoms with Crippen molar-refractivity contribution in [3.8, 4) is 0 Å². The Balaban J connectivity index is 1.62. The Labute approximate surface area is 155 Å². The molecule has 7 bridgehead atoms. The molecule has 0 amide bonds. The number of fused-ring (bicyclic) bond motifs is 1. The molecule has 0 aromatic rings. The van der Waals surface area contributed by atoms with E-state index in [1.165, 1.54) is 0 Å². The fourth-order valence-electron chi connectivity index (χ4n) is 9.75. The highest BCUT2D eigenvalue weighted by Gasteiger charge is 2.85. The molecule has 1 aliphatic heterocycles. The second-order valence-electron chi connectivity index (χ2n) is 10.7. The van der Waals surface area contributed by atoms with Crippen molar-refractivity contribution in [2.45, 2.75) is 64.2 Å². The van der Waals surface area contributed by atoms with E-state index in [0.717, 1.165) is 44.3 Å². The summed E-state index contributed by atoms with van der Waals surface area (Å²) in [6.45, 7) is 10.9. The van der Waals surface area contributed by atoms with Gasteiger partial charge in [-0.05, 0) is 61.0 Å². The van der Waals surface area contributed by atoms with E-state index in [1.54, 1.807) is 0 Å². The lowest BCUT2D eigenvalue weighted by atomic mass is 9.43. The molecule has 4 nitrogen and oxygen atoms in total. The molecule has 10 atom stereocenters. The smallest absolute Gasteiger partial charge is 0.140 e. The van der Waals surface area contributed by atoms with E-state index in [1.807, 2.05) is 0 Å². The van der Waals surface area contributed by atoms with Gasteiger partial charge in [-0.25, -0.2) is 0 Å². The van der Waals surface area contributed by atoms with Gasteiger partial charge in [0.05, 0.1) is 12.2 Å². The van der Waals surface area contributed by atoms with E-state index >= 15 is 0 Å². The number of rotatable bonds is 1. The molecule has 0 aromatic heterocycles. The van der Waals surface area contributed by atoms with Gasteiger partial charge in [0.1, 0.15) is 5.78 Å². The summed E-state index contributed by atoms with van der Waals surface area (Å²) in [6, 6.07) is 0.331.